The highest BCUT2D eigenvalue weighted by Crippen LogP contribution is 2.22. The van der Waals surface area contributed by atoms with Crippen LogP contribution < -0.4 is 10.6 Å². The van der Waals surface area contributed by atoms with E-state index in [0.717, 1.165) is 12.3 Å². The number of rotatable bonds is 5. The van der Waals surface area contributed by atoms with Gasteiger partial charge in [-0.15, -0.1) is 0 Å². The molecule has 0 saturated carbocycles. The Morgan fingerprint density at radius 2 is 2.05 bits per heavy atom. The highest BCUT2D eigenvalue weighted by atomic mass is 19.4. The van der Waals surface area contributed by atoms with Crippen LogP contribution >= 0.6 is 0 Å². The molecule has 0 atom stereocenters. The minimum absolute atomic E-state index is 0.0940. The maximum Gasteiger partial charge on any atom is 0.405 e. The number of nitrogens with zero attached hydrogens (tertiary/aromatic N) is 2. The van der Waals surface area contributed by atoms with Gasteiger partial charge >= 0.3 is 12.1 Å². The number of carboxylic acid groups (broad SMARTS) is 1. The van der Waals surface area contributed by atoms with E-state index < -0.39 is 31.1 Å². The number of hydrogen-bond acceptors (Lipinski definition) is 4. The van der Waals surface area contributed by atoms with Crippen molar-refractivity contribution in [1.82, 2.24) is 4.98 Å². The van der Waals surface area contributed by atoms with Gasteiger partial charge in [0.25, 0.3) is 5.91 Å². The first-order valence-corrected chi connectivity index (χ1v) is 4.98. The van der Waals surface area contributed by atoms with Crippen LogP contribution in [0.5, 0.6) is 0 Å². The van der Waals surface area contributed by atoms with Gasteiger partial charge in [0, 0.05) is 11.9 Å². The van der Waals surface area contributed by atoms with Crippen LogP contribution in [0.25, 0.3) is 0 Å². The van der Waals surface area contributed by atoms with E-state index in [0.29, 0.717) is 4.90 Å². The van der Waals surface area contributed by atoms with Crippen LogP contribution in [0, 0.1) is 0 Å². The summed E-state index contributed by atoms with van der Waals surface area (Å²) < 4.78 is 37.1. The van der Waals surface area contributed by atoms with E-state index in [1.54, 1.807) is 0 Å². The number of nitrogens with two attached hydrogens (primary N) is 1. The summed E-state index contributed by atoms with van der Waals surface area (Å²) in [7, 11) is 0. The Kier molecular flexibility index (Phi) is 4.30. The van der Waals surface area contributed by atoms with Crippen LogP contribution in [0.15, 0.2) is 18.3 Å². The largest absolute Gasteiger partial charge is 0.480 e. The second kappa shape index (κ2) is 5.55. The summed E-state index contributed by atoms with van der Waals surface area (Å²) in [5, 5.41) is 8.60. The Balaban J connectivity index is 3.06. The molecule has 0 radical (unpaired) electrons. The van der Waals surface area contributed by atoms with Gasteiger partial charge in [-0.25, -0.2) is 0 Å². The van der Waals surface area contributed by atoms with Gasteiger partial charge in [-0.1, -0.05) is 0 Å². The molecule has 9 heteroatoms. The van der Waals surface area contributed by atoms with Crippen molar-refractivity contribution >= 4 is 17.6 Å². The number of aromatic nitrogens is 1. The first-order valence-electron chi connectivity index (χ1n) is 4.98. The monoisotopic (exact) mass is 277 g/mol. The number of primary amides is 1. The fraction of sp³-hybridized carbons (Fsp3) is 0.300. The van der Waals surface area contributed by atoms with Crippen LogP contribution in [-0.4, -0.2) is 41.2 Å². The number of halogens is 3. The van der Waals surface area contributed by atoms with Gasteiger partial charge in [0.1, 0.15) is 18.8 Å². The molecule has 1 aromatic heterocycles. The van der Waals surface area contributed by atoms with Gasteiger partial charge < -0.3 is 15.7 Å². The minimum Gasteiger partial charge on any atom is -0.480 e. The van der Waals surface area contributed by atoms with Crippen molar-refractivity contribution in [1.29, 1.82) is 0 Å². The molecule has 0 spiro atoms. The highest BCUT2D eigenvalue weighted by Gasteiger charge is 2.32. The molecule has 3 N–H and O–H groups in total. The van der Waals surface area contributed by atoms with E-state index in [1.165, 1.54) is 6.07 Å². The molecule has 0 aromatic carbocycles. The molecular weight excluding hydrogens is 267 g/mol. The lowest BCUT2D eigenvalue weighted by molar-refractivity contribution is -0.136. The fourth-order valence-electron chi connectivity index (χ4n) is 1.37. The summed E-state index contributed by atoms with van der Waals surface area (Å²) in [5.74, 6) is -2.34. The first kappa shape index (κ1) is 14.7. The second-order valence-electron chi connectivity index (χ2n) is 3.63. The lowest BCUT2D eigenvalue weighted by Crippen LogP contribution is -2.38. The Morgan fingerprint density at radius 1 is 1.42 bits per heavy atom. The van der Waals surface area contributed by atoms with E-state index in [-0.39, 0.29) is 11.4 Å². The minimum atomic E-state index is -4.58. The van der Waals surface area contributed by atoms with E-state index >= 15 is 0 Å². The Hall–Kier alpha value is -2.32. The second-order valence-corrected chi connectivity index (χ2v) is 3.63. The third-order valence-corrected chi connectivity index (χ3v) is 2.06. The molecule has 0 bridgehead atoms. The number of carbonyl (C=O) groups is 2. The lowest BCUT2D eigenvalue weighted by Gasteiger charge is -2.24. The van der Waals surface area contributed by atoms with Gasteiger partial charge in [0.15, 0.2) is 0 Å². The van der Waals surface area contributed by atoms with Crippen molar-refractivity contribution in [3.05, 3.63) is 24.0 Å². The van der Waals surface area contributed by atoms with Gasteiger partial charge in [0.05, 0.1) is 0 Å². The summed E-state index contributed by atoms with van der Waals surface area (Å²) in [6.07, 6.45) is -3.49. The Morgan fingerprint density at radius 3 is 2.53 bits per heavy atom. The third-order valence-electron chi connectivity index (χ3n) is 2.06. The van der Waals surface area contributed by atoms with Crippen LogP contribution in [0.3, 0.4) is 0 Å². The average Bonchev–Trinajstić information content (AvgIpc) is 2.25. The maximum atomic E-state index is 12.4. The van der Waals surface area contributed by atoms with Crippen LogP contribution in [0.2, 0.25) is 0 Å². The number of pyridine rings is 1. The van der Waals surface area contributed by atoms with Crippen molar-refractivity contribution in [2.24, 2.45) is 5.73 Å². The molecule has 0 saturated heterocycles. The van der Waals surface area contributed by atoms with Crippen molar-refractivity contribution in [3.63, 3.8) is 0 Å². The molecule has 6 nitrogen and oxygen atoms in total. The molecule has 0 aliphatic carbocycles. The van der Waals surface area contributed by atoms with Crippen LogP contribution in [-0.2, 0) is 4.79 Å². The summed E-state index contributed by atoms with van der Waals surface area (Å²) in [6, 6.07) is 2.18. The summed E-state index contributed by atoms with van der Waals surface area (Å²) in [5.41, 5.74) is 4.62. The van der Waals surface area contributed by atoms with E-state index in [2.05, 4.69) is 4.98 Å². The van der Waals surface area contributed by atoms with Crippen molar-refractivity contribution < 1.29 is 27.9 Å². The standard InChI is InChI=1S/C10H10F3N3O3/c11-10(12,13)5-16(4-8(17)18)6-1-2-15-7(3-6)9(14)19/h1-3H,4-5H2,(H2,14,19)(H,17,18). The number of anilines is 1. The number of amides is 1. The molecule has 0 aliphatic rings. The van der Waals surface area contributed by atoms with Gasteiger partial charge in [0.2, 0.25) is 0 Å². The van der Waals surface area contributed by atoms with Crippen LogP contribution in [0.4, 0.5) is 18.9 Å². The summed E-state index contributed by atoms with van der Waals surface area (Å²) >= 11 is 0. The van der Waals surface area contributed by atoms with E-state index in [9.17, 15) is 22.8 Å². The molecule has 104 valence electrons. The average molecular weight is 277 g/mol. The quantitative estimate of drug-likeness (QED) is 0.823. The molecule has 1 aromatic rings. The van der Waals surface area contributed by atoms with Crippen LogP contribution in [0.1, 0.15) is 10.5 Å². The first-order chi connectivity index (χ1) is 8.69. The van der Waals surface area contributed by atoms with Gasteiger partial charge in [-0.3, -0.25) is 14.6 Å². The zero-order chi connectivity index (χ0) is 14.6. The number of alkyl halides is 3. The lowest BCUT2D eigenvalue weighted by atomic mass is 10.2. The zero-order valence-corrected chi connectivity index (χ0v) is 9.52. The van der Waals surface area contributed by atoms with Crippen molar-refractivity contribution in [2.75, 3.05) is 18.0 Å². The topological polar surface area (TPSA) is 96.5 Å². The third kappa shape index (κ3) is 4.82. The molecular formula is C10H10F3N3O3. The van der Waals surface area contributed by atoms with Gasteiger partial charge in [-0.05, 0) is 12.1 Å². The van der Waals surface area contributed by atoms with E-state index in [1.807, 2.05) is 0 Å². The normalized spacial score (nSPS) is 11.1. The Labute approximate surface area is 105 Å². The molecule has 0 fully saturated rings. The van der Waals surface area contributed by atoms with Crippen molar-refractivity contribution in [2.45, 2.75) is 6.18 Å². The fourth-order valence-corrected chi connectivity index (χ4v) is 1.37. The predicted octanol–water partition coefficient (Wildman–Crippen LogP) is 0.634. The maximum absolute atomic E-state index is 12.4. The summed E-state index contributed by atoms with van der Waals surface area (Å²) in [6.45, 7) is -2.32. The zero-order valence-electron chi connectivity index (χ0n) is 9.52. The van der Waals surface area contributed by atoms with E-state index in [4.69, 9.17) is 10.8 Å². The van der Waals surface area contributed by atoms with Gasteiger partial charge in [-0.2, -0.15) is 13.2 Å². The van der Waals surface area contributed by atoms with Crippen molar-refractivity contribution in [3.8, 4) is 0 Å². The number of carboxylic acids is 1. The SMILES string of the molecule is NC(=O)c1cc(N(CC(=O)O)CC(F)(F)F)ccn1. The number of hydrogen-bond donors (Lipinski definition) is 2. The molecule has 1 heterocycles. The smallest absolute Gasteiger partial charge is 0.405 e. The molecule has 1 amide bonds. The Bertz CT molecular complexity index is 490. The highest BCUT2D eigenvalue weighted by molar-refractivity contribution is 5.91. The molecule has 0 unspecified atom stereocenters. The number of carbonyl (C=O) groups excluding carboxylic acids is 1. The molecule has 19 heavy (non-hydrogen) atoms. The summed E-state index contributed by atoms with van der Waals surface area (Å²) in [4.78, 5) is 25.6. The predicted molar refractivity (Wildman–Crippen MR) is 58.7 cm³/mol. The molecule has 1 rings (SSSR count). The molecule has 0 aliphatic heterocycles. The number of aliphatic carboxylic acids is 1.